The number of carboxylic acid groups (broad SMARTS) is 1. The number of amides is 1. The topological polar surface area (TPSA) is 66.4 Å². The fourth-order valence-electron chi connectivity index (χ4n) is 1.47. The molecular formula is C12H5Br2F2NO3S. The molecular weight excluding hydrogens is 436 g/mol. The molecule has 0 bridgehead atoms. The highest BCUT2D eigenvalue weighted by Crippen LogP contribution is 2.33. The molecule has 2 N–H and O–H groups in total. The Bertz CT molecular complexity index is 729. The van der Waals surface area contributed by atoms with E-state index in [0.29, 0.717) is 20.4 Å². The second-order valence-electron chi connectivity index (χ2n) is 3.80. The van der Waals surface area contributed by atoms with Crippen LogP contribution in [-0.2, 0) is 0 Å². The van der Waals surface area contributed by atoms with E-state index >= 15 is 0 Å². The van der Waals surface area contributed by atoms with E-state index in [1.54, 1.807) is 0 Å². The monoisotopic (exact) mass is 439 g/mol. The second kappa shape index (κ2) is 6.20. The summed E-state index contributed by atoms with van der Waals surface area (Å²) in [5, 5.41) is 11.2. The minimum Gasteiger partial charge on any atom is -0.478 e. The summed E-state index contributed by atoms with van der Waals surface area (Å²) in [6.45, 7) is 0. The molecule has 21 heavy (non-hydrogen) atoms. The summed E-state index contributed by atoms with van der Waals surface area (Å²) >= 11 is 7.53. The van der Waals surface area contributed by atoms with Crippen LogP contribution < -0.4 is 5.32 Å². The molecule has 0 spiro atoms. The maximum absolute atomic E-state index is 13.2. The van der Waals surface area contributed by atoms with Gasteiger partial charge in [0.15, 0.2) is 11.6 Å². The van der Waals surface area contributed by atoms with Gasteiger partial charge in [-0.2, -0.15) is 0 Å². The van der Waals surface area contributed by atoms with Gasteiger partial charge in [0.25, 0.3) is 5.91 Å². The van der Waals surface area contributed by atoms with E-state index in [2.05, 4.69) is 37.2 Å². The van der Waals surface area contributed by atoms with Gasteiger partial charge in [-0.3, -0.25) is 4.79 Å². The van der Waals surface area contributed by atoms with Gasteiger partial charge >= 0.3 is 5.97 Å². The van der Waals surface area contributed by atoms with Crippen molar-refractivity contribution in [3.05, 3.63) is 48.5 Å². The van der Waals surface area contributed by atoms with Crippen molar-refractivity contribution in [1.82, 2.24) is 0 Å². The van der Waals surface area contributed by atoms with Crippen molar-refractivity contribution in [2.45, 2.75) is 0 Å². The first-order chi connectivity index (χ1) is 9.79. The summed E-state index contributed by atoms with van der Waals surface area (Å²) in [5.41, 5.74) is -0.844. The Morgan fingerprint density at radius 3 is 2.29 bits per heavy atom. The average Bonchev–Trinajstić information content (AvgIpc) is 2.73. The van der Waals surface area contributed by atoms with E-state index in [1.165, 1.54) is 6.07 Å². The van der Waals surface area contributed by atoms with Gasteiger partial charge in [-0.25, -0.2) is 13.6 Å². The lowest BCUT2D eigenvalue weighted by atomic mass is 10.1. The van der Waals surface area contributed by atoms with Crippen LogP contribution in [0.4, 0.5) is 14.5 Å². The van der Waals surface area contributed by atoms with E-state index in [-0.39, 0.29) is 10.6 Å². The fraction of sp³-hybridized carbons (Fsp3) is 0. The Morgan fingerprint density at radius 2 is 1.76 bits per heavy atom. The molecule has 0 aliphatic rings. The number of hydrogen-bond acceptors (Lipinski definition) is 3. The highest BCUT2D eigenvalue weighted by atomic mass is 79.9. The number of rotatable bonds is 3. The van der Waals surface area contributed by atoms with E-state index < -0.39 is 29.1 Å². The molecule has 1 aromatic heterocycles. The van der Waals surface area contributed by atoms with Crippen molar-refractivity contribution in [2.75, 3.05) is 5.32 Å². The zero-order valence-electron chi connectivity index (χ0n) is 9.92. The van der Waals surface area contributed by atoms with Crippen molar-refractivity contribution < 1.29 is 23.5 Å². The molecule has 1 aromatic carbocycles. The molecule has 0 radical (unpaired) electrons. The fourth-order valence-corrected chi connectivity index (χ4v) is 3.40. The Morgan fingerprint density at radius 1 is 1.14 bits per heavy atom. The molecule has 4 nitrogen and oxygen atoms in total. The molecule has 0 fully saturated rings. The summed E-state index contributed by atoms with van der Waals surface area (Å²) in [6.07, 6.45) is 0. The molecule has 0 aliphatic heterocycles. The molecule has 1 amide bonds. The van der Waals surface area contributed by atoms with Crippen molar-refractivity contribution in [3.8, 4) is 0 Å². The second-order valence-corrected chi connectivity index (χ2v) is 7.03. The largest absolute Gasteiger partial charge is 0.478 e. The lowest BCUT2D eigenvalue weighted by molar-refractivity contribution is 0.0697. The Hall–Kier alpha value is -1.32. The van der Waals surface area contributed by atoms with Gasteiger partial charge in [-0.05, 0) is 44.0 Å². The highest BCUT2D eigenvalue weighted by molar-refractivity contribution is 9.13. The van der Waals surface area contributed by atoms with Crippen LogP contribution in [0.2, 0.25) is 0 Å². The molecule has 0 unspecified atom stereocenters. The molecule has 110 valence electrons. The third-order valence-corrected chi connectivity index (χ3v) is 5.66. The number of nitrogens with one attached hydrogen (secondary N) is 1. The molecule has 9 heteroatoms. The Labute approximate surface area is 138 Å². The maximum atomic E-state index is 13.2. The van der Waals surface area contributed by atoms with Gasteiger partial charge in [0.2, 0.25) is 0 Å². The molecule has 0 aliphatic carbocycles. The standard InChI is InChI=1S/C12H5Br2F2NO3S/c13-5-2-9(21-10(5)14)11(18)17-8-3-7(16)6(15)1-4(8)12(19)20/h1-3H,(H,17,18)(H,19,20). The van der Waals surface area contributed by atoms with Crippen molar-refractivity contribution in [1.29, 1.82) is 0 Å². The zero-order valence-corrected chi connectivity index (χ0v) is 13.9. The lowest BCUT2D eigenvalue weighted by Gasteiger charge is -2.08. The smallest absolute Gasteiger partial charge is 0.337 e. The number of carbonyl (C=O) groups excluding carboxylic acids is 1. The van der Waals surface area contributed by atoms with Crippen LogP contribution >= 0.6 is 43.2 Å². The SMILES string of the molecule is O=C(Nc1cc(F)c(F)cc1C(=O)O)c1cc(Br)c(Br)s1. The highest BCUT2D eigenvalue weighted by Gasteiger charge is 2.19. The third kappa shape index (κ3) is 3.47. The number of carbonyl (C=O) groups is 2. The molecule has 2 aromatic rings. The molecule has 1 heterocycles. The van der Waals surface area contributed by atoms with Gasteiger partial charge in [0, 0.05) is 10.5 Å². The first-order valence-corrected chi connectivity index (χ1v) is 7.68. The van der Waals surface area contributed by atoms with Gasteiger partial charge in [-0.15, -0.1) is 11.3 Å². The third-order valence-electron chi connectivity index (χ3n) is 2.41. The number of halogens is 4. The minimum absolute atomic E-state index is 0.273. The normalized spacial score (nSPS) is 10.5. The summed E-state index contributed by atoms with van der Waals surface area (Å²) in [5.74, 6) is -4.64. The van der Waals surface area contributed by atoms with Crippen molar-refractivity contribution >= 4 is 60.8 Å². The molecule has 0 saturated heterocycles. The van der Waals surface area contributed by atoms with Crippen LogP contribution in [0.3, 0.4) is 0 Å². The van der Waals surface area contributed by atoms with Crippen molar-refractivity contribution in [2.24, 2.45) is 0 Å². The van der Waals surface area contributed by atoms with Crippen LogP contribution in [0, 0.1) is 11.6 Å². The molecule has 2 rings (SSSR count). The van der Waals surface area contributed by atoms with Crippen LogP contribution in [-0.4, -0.2) is 17.0 Å². The van der Waals surface area contributed by atoms with Gasteiger partial charge < -0.3 is 10.4 Å². The van der Waals surface area contributed by atoms with Crippen LogP contribution in [0.25, 0.3) is 0 Å². The predicted molar refractivity (Wildman–Crippen MR) is 81.0 cm³/mol. The average molecular weight is 441 g/mol. The summed E-state index contributed by atoms with van der Waals surface area (Å²) < 4.78 is 27.6. The lowest BCUT2D eigenvalue weighted by Crippen LogP contribution is -2.14. The van der Waals surface area contributed by atoms with E-state index in [9.17, 15) is 18.4 Å². The molecule has 0 atom stereocenters. The van der Waals surface area contributed by atoms with E-state index in [0.717, 1.165) is 11.3 Å². The summed E-state index contributed by atoms with van der Waals surface area (Å²) in [4.78, 5) is 23.3. The van der Waals surface area contributed by atoms with Crippen molar-refractivity contribution in [3.63, 3.8) is 0 Å². The number of anilines is 1. The Balaban J connectivity index is 2.36. The first-order valence-electron chi connectivity index (χ1n) is 5.28. The zero-order chi connectivity index (χ0) is 15.7. The van der Waals surface area contributed by atoms with E-state index in [4.69, 9.17) is 5.11 Å². The van der Waals surface area contributed by atoms with Gasteiger partial charge in [0.1, 0.15) is 0 Å². The summed E-state index contributed by atoms with van der Waals surface area (Å²) in [6, 6.07) is 2.67. The molecule has 0 saturated carbocycles. The van der Waals surface area contributed by atoms with Gasteiger partial charge in [-0.1, -0.05) is 0 Å². The number of hydrogen-bond donors (Lipinski definition) is 2. The number of aromatic carboxylic acids is 1. The van der Waals surface area contributed by atoms with Crippen LogP contribution in [0.1, 0.15) is 20.0 Å². The van der Waals surface area contributed by atoms with Gasteiger partial charge in [0.05, 0.1) is 19.9 Å². The number of thiophene rings is 1. The van der Waals surface area contributed by atoms with E-state index in [1.807, 2.05) is 0 Å². The maximum Gasteiger partial charge on any atom is 0.337 e. The number of benzene rings is 1. The number of carboxylic acids is 1. The predicted octanol–water partition coefficient (Wildman–Crippen LogP) is 4.50. The van der Waals surface area contributed by atoms with Crippen LogP contribution in [0.15, 0.2) is 26.5 Å². The first kappa shape index (κ1) is 16.1. The minimum atomic E-state index is -1.47. The summed E-state index contributed by atoms with van der Waals surface area (Å²) in [7, 11) is 0. The quantitative estimate of drug-likeness (QED) is 0.738. The Kier molecular flexibility index (Phi) is 4.74. The van der Waals surface area contributed by atoms with Crippen LogP contribution in [0.5, 0.6) is 0 Å².